The maximum atomic E-state index is 10.8. The average Bonchev–Trinajstić information content (AvgIpc) is 3.33. The summed E-state index contributed by atoms with van der Waals surface area (Å²) in [4.78, 5) is 24.0. The van der Waals surface area contributed by atoms with Gasteiger partial charge < -0.3 is 30.4 Å². The van der Waals surface area contributed by atoms with Gasteiger partial charge in [0.15, 0.2) is 5.82 Å². The molecule has 1 aliphatic heterocycles. The van der Waals surface area contributed by atoms with E-state index >= 15 is 0 Å². The highest BCUT2D eigenvalue weighted by molar-refractivity contribution is 7.19. The van der Waals surface area contributed by atoms with Crippen molar-refractivity contribution in [2.75, 3.05) is 32.0 Å². The Labute approximate surface area is 204 Å². The molecule has 1 fully saturated rings. The van der Waals surface area contributed by atoms with E-state index in [1.165, 1.54) is 9.58 Å². The first-order valence-electron chi connectivity index (χ1n) is 12.2. The van der Waals surface area contributed by atoms with Gasteiger partial charge in [0, 0.05) is 24.4 Å². The van der Waals surface area contributed by atoms with Crippen molar-refractivity contribution >= 4 is 44.5 Å². The zero-order chi connectivity index (χ0) is 24.2. The third-order valence-corrected chi connectivity index (χ3v) is 7.57. The molecule has 3 aromatic heterocycles. The van der Waals surface area contributed by atoms with Gasteiger partial charge in [0.1, 0.15) is 11.3 Å². The molecule has 1 saturated heterocycles. The van der Waals surface area contributed by atoms with E-state index < -0.39 is 12.4 Å². The van der Waals surface area contributed by atoms with Gasteiger partial charge in [-0.05, 0) is 58.2 Å². The van der Waals surface area contributed by atoms with Gasteiger partial charge in [0.2, 0.25) is 6.29 Å². The van der Waals surface area contributed by atoms with Crippen molar-refractivity contribution < 1.29 is 14.3 Å². The number of unbranched alkanes of at least 4 members (excludes halogenated alkanes) is 1. The monoisotopic (exact) mass is 488 g/mol. The minimum absolute atomic E-state index is 0.508. The van der Waals surface area contributed by atoms with Gasteiger partial charge in [-0.15, -0.1) is 11.3 Å². The number of nitrogens with two attached hydrogens (primary N) is 2. The van der Waals surface area contributed by atoms with Gasteiger partial charge in [-0.2, -0.15) is 0 Å². The second-order valence-electron chi connectivity index (χ2n) is 9.17. The number of likely N-dealkylation sites (tertiary alicyclic amines) is 1. The van der Waals surface area contributed by atoms with E-state index in [1.807, 2.05) is 0 Å². The zero-order valence-corrected chi connectivity index (χ0v) is 21.2. The third kappa shape index (κ3) is 5.61. The Kier molecular flexibility index (Phi) is 7.90. The fraction of sp³-hybridized carbons (Fsp3) is 0.625. The van der Waals surface area contributed by atoms with Gasteiger partial charge in [-0.25, -0.2) is 14.8 Å². The molecule has 186 valence electrons. The molecule has 1 atom stereocenters. The Morgan fingerprint density at radius 3 is 2.79 bits per heavy atom. The molecule has 4 N–H and O–H groups in total. The quantitative estimate of drug-likeness (QED) is 0.413. The predicted molar refractivity (Wildman–Crippen MR) is 136 cm³/mol. The summed E-state index contributed by atoms with van der Waals surface area (Å²) in [5.74, 6) is 2.24. The minimum Gasteiger partial charge on any atom is -0.420 e. The maximum Gasteiger partial charge on any atom is 0.406 e. The van der Waals surface area contributed by atoms with E-state index in [0.717, 1.165) is 80.7 Å². The van der Waals surface area contributed by atoms with Crippen molar-refractivity contribution in [1.29, 1.82) is 0 Å². The number of carbonyl (C=O) groups is 1. The van der Waals surface area contributed by atoms with Crippen LogP contribution in [-0.2, 0) is 22.4 Å². The van der Waals surface area contributed by atoms with Crippen LogP contribution in [0.3, 0.4) is 0 Å². The van der Waals surface area contributed by atoms with Crippen LogP contribution in [0.25, 0.3) is 21.3 Å². The van der Waals surface area contributed by atoms with Crippen molar-refractivity contribution in [2.24, 2.45) is 11.7 Å². The van der Waals surface area contributed by atoms with Crippen molar-refractivity contribution in [3.05, 3.63) is 16.8 Å². The number of thiophene rings is 1. The number of carbonyl (C=O) groups excluding carboxylic acids is 1. The first kappa shape index (κ1) is 24.7. The predicted octanol–water partition coefficient (Wildman–Crippen LogP) is 4.05. The summed E-state index contributed by atoms with van der Waals surface area (Å²) in [7, 11) is 0. The number of imidazole rings is 1. The molecular formula is C24H36N6O3S. The van der Waals surface area contributed by atoms with Crippen molar-refractivity contribution in [3.8, 4) is 0 Å². The van der Waals surface area contributed by atoms with Gasteiger partial charge in [0.25, 0.3) is 0 Å². The van der Waals surface area contributed by atoms with E-state index in [4.69, 9.17) is 25.9 Å². The Bertz CT molecular complexity index is 1140. The number of aromatic nitrogens is 3. The van der Waals surface area contributed by atoms with Crippen LogP contribution in [0.5, 0.6) is 0 Å². The lowest BCUT2D eigenvalue weighted by molar-refractivity contribution is -0.0935. The van der Waals surface area contributed by atoms with Crippen LogP contribution < -0.4 is 11.5 Å². The molecule has 1 aliphatic rings. The molecule has 4 rings (SSSR count). The normalized spacial score (nSPS) is 16.4. The van der Waals surface area contributed by atoms with Crippen LogP contribution in [0.2, 0.25) is 0 Å². The molecule has 34 heavy (non-hydrogen) atoms. The summed E-state index contributed by atoms with van der Waals surface area (Å²) in [5.41, 5.74) is 14.4. The number of rotatable bonds is 10. The molecule has 0 aromatic carbocycles. The number of hydrogen-bond acceptors (Lipinski definition) is 8. The van der Waals surface area contributed by atoms with E-state index in [1.54, 1.807) is 18.3 Å². The molecule has 0 spiro atoms. The maximum absolute atomic E-state index is 10.8. The van der Waals surface area contributed by atoms with Gasteiger partial charge in [-0.3, -0.25) is 0 Å². The number of amides is 1. The number of nitrogens with zero attached hydrogens (tertiary/aromatic N) is 4. The number of aryl methyl sites for hydroxylation is 2. The number of hydrogen-bond donors (Lipinski definition) is 2. The number of piperidine rings is 1. The molecule has 9 nitrogen and oxygen atoms in total. The molecule has 3 aromatic rings. The average molecular weight is 489 g/mol. The van der Waals surface area contributed by atoms with Crippen LogP contribution in [0.1, 0.15) is 50.2 Å². The largest absolute Gasteiger partial charge is 0.420 e. The van der Waals surface area contributed by atoms with Crippen LogP contribution in [0, 0.1) is 12.8 Å². The van der Waals surface area contributed by atoms with Crippen LogP contribution in [0.15, 0.2) is 6.07 Å². The fourth-order valence-corrected chi connectivity index (χ4v) is 5.77. The Hall–Kier alpha value is -2.43. The molecular weight excluding hydrogens is 452 g/mol. The van der Waals surface area contributed by atoms with E-state index in [-0.39, 0.29) is 0 Å². The van der Waals surface area contributed by atoms with Gasteiger partial charge in [0.05, 0.1) is 22.3 Å². The highest BCUT2D eigenvalue weighted by Crippen LogP contribution is 2.35. The molecule has 0 radical (unpaired) electrons. The van der Waals surface area contributed by atoms with Crippen LogP contribution in [-0.4, -0.2) is 58.1 Å². The molecule has 1 amide bonds. The van der Waals surface area contributed by atoms with E-state index in [0.29, 0.717) is 18.3 Å². The molecule has 4 heterocycles. The first-order valence-corrected chi connectivity index (χ1v) is 13.0. The third-order valence-electron chi connectivity index (χ3n) is 6.52. The summed E-state index contributed by atoms with van der Waals surface area (Å²) >= 11 is 1.78. The summed E-state index contributed by atoms with van der Waals surface area (Å²) in [6.07, 6.45) is 4.00. The Morgan fingerprint density at radius 2 is 2.09 bits per heavy atom. The topological polar surface area (TPSA) is 122 Å². The molecule has 0 bridgehead atoms. The Morgan fingerprint density at radius 1 is 1.32 bits per heavy atom. The lowest BCUT2D eigenvalue weighted by Gasteiger charge is -2.32. The molecule has 0 aliphatic carbocycles. The fourth-order valence-electron chi connectivity index (χ4n) is 4.76. The number of pyridine rings is 1. The lowest BCUT2D eigenvalue weighted by Crippen LogP contribution is -2.37. The zero-order valence-electron chi connectivity index (χ0n) is 20.4. The number of primary amides is 1. The van der Waals surface area contributed by atoms with E-state index in [2.05, 4.69) is 34.4 Å². The summed E-state index contributed by atoms with van der Waals surface area (Å²) in [6.45, 7) is 10.3. The molecule has 0 saturated carbocycles. The van der Waals surface area contributed by atoms with Crippen molar-refractivity contribution in [3.63, 3.8) is 0 Å². The molecule has 1 unspecified atom stereocenters. The summed E-state index contributed by atoms with van der Waals surface area (Å²) < 4.78 is 14.0. The standard InChI is InChI=1S/C24H36N6O3S/c1-4-5-6-19-28-20-21(22-18(27-23(20)25)13-15(2)34-22)30(19)14-17-7-9-29(10-8-17)11-12-32-16(3)33-24(26)31/h13,16-17H,4-12,14H2,1-3H3,(H2,25,27)(H2,26,31). The smallest absolute Gasteiger partial charge is 0.406 e. The Balaban J connectivity index is 1.45. The number of anilines is 1. The highest BCUT2D eigenvalue weighted by atomic mass is 32.1. The van der Waals surface area contributed by atoms with Crippen molar-refractivity contribution in [1.82, 2.24) is 19.4 Å². The number of nitrogen functional groups attached to an aromatic ring is 1. The second kappa shape index (κ2) is 10.9. The van der Waals surface area contributed by atoms with Crippen LogP contribution in [0.4, 0.5) is 10.6 Å². The first-order chi connectivity index (χ1) is 16.4. The van der Waals surface area contributed by atoms with Crippen LogP contribution >= 0.6 is 11.3 Å². The van der Waals surface area contributed by atoms with Gasteiger partial charge in [-0.1, -0.05) is 13.3 Å². The molecule has 10 heteroatoms. The summed E-state index contributed by atoms with van der Waals surface area (Å²) in [5, 5.41) is 0. The second-order valence-corrected chi connectivity index (χ2v) is 10.4. The SMILES string of the molecule is CCCCc1nc2c(N)nc3cc(C)sc3c2n1CC1CCN(CCOC(C)OC(N)=O)CC1. The van der Waals surface area contributed by atoms with Gasteiger partial charge >= 0.3 is 6.09 Å². The number of ether oxygens (including phenoxy) is 2. The van der Waals surface area contributed by atoms with E-state index in [9.17, 15) is 4.79 Å². The van der Waals surface area contributed by atoms with Crippen molar-refractivity contribution in [2.45, 2.75) is 65.7 Å². The summed E-state index contributed by atoms with van der Waals surface area (Å²) in [6, 6.07) is 2.12. The number of fused-ring (bicyclic) bond motifs is 3. The minimum atomic E-state index is -0.814. The highest BCUT2D eigenvalue weighted by Gasteiger charge is 2.24. The lowest BCUT2D eigenvalue weighted by atomic mass is 9.96.